The molecular formula is C22H20F3N3O6PS3+. The number of aromatic nitrogens is 1. The number of hydrogen-bond donors (Lipinski definition) is 1. The smallest absolute Gasteiger partial charge is 0.439 e. The van der Waals surface area contributed by atoms with E-state index in [-0.39, 0.29) is 38.0 Å². The maximum atomic E-state index is 13.3. The molecule has 1 unspecified atom stereocenters. The van der Waals surface area contributed by atoms with E-state index in [9.17, 15) is 27.3 Å². The molecule has 2 aromatic rings. The van der Waals surface area contributed by atoms with Gasteiger partial charge in [0.1, 0.15) is 13.9 Å². The fraction of sp³-hybridized carbons (Fsp3) is 0.318. The fourth-order valence-electron chi connectivity index (χ4n) is 3.81. The van der Waals surface area contributed by atoms with Crippen LogP contribution in [0.4, 0.5) is 18.9 Å². The van der Waals surface area contributed by atoms with Gasteiger partial charge in [-0.1, -0.05) is 28.5 Å². The molecule has 2 aliphatic rings. The Hall–Kier alpha value is -2.55. The van der Waals surface area contributed by atoms with Crippen molar-refractivity contribution in [1.82, 2.24) is 9.47 Å². The number of amides is 1. The molecule has 202 valence electrons. The Bertz CT molecular complexity index is 1570. The Morgan fingerprint density at radius 2 is 1.92 bits per heavy atom. The van der Waals surface area contributed by atoms with Gasteiger partial charge in [-0.25, -0.2) is 0 Å². The summed E-state index contributed by atoms with van der Waals surface area (Å²) in [5.74, 6) is 0.0490. The Morgan fingerprint density at radius 1 is 1.24 bits per heavy atom. The van der Waals surface area contributed by atoms with Gasteiger partial charge in [-0.05, 0) is 44.5 Å². The van der Waals surface area contributed by atoms with Crippen molar-refractivity contribution in [1.29, 1.82) is 0 Å². The number of alkyl halides is 3. The minimum absolute atomic E-state index is 0.178. The molecule has 1 saturated heterocycles. The van der Waals surface area contributed by atoms with E-state index in [0.29, 0.717) is 16.4 Å². The lowest BCUT2D eigenvalue weighted by atomic mass is 10.1. The molecule has 9 nitrogen and oxygen atoms in total. The lowest BCUT2D eigenvalue weighted by Crippen LogP contribution is -2.34. The van der Waals surface area contributed by atoms with Crippen LogP contribution in [-0.2, 0) is 26.8 Å². The number of ether oxygens (including phenoxy) is 1. The third-order valence-corrected chi connectivity index (χ3v) is 8.83. The number of thiazole rings is 1. The number of nitrogens with zero attached hydrogens (tertiary/aromatic N) is 3. The minimum atomic E-state index is -4.52. The molecule has 1 amide bonds. The number of carbonyl (C=O) groups is 1. The van der Waals surface area contributed by atoms with E-state index >= 15 is 0 Å². The fourth-order valence-corrected chi connectivity index (χ4v) is 6.67. The van der Waals surface area contributed by atoms with E-state index < -0.39 is 38.2 Å². The van der Waals surface area contributed by atoms with Crippen molar-refractivity contribution >= 4 is 70.0 Å². The summed E-state index contributed by atoms with van der Waals surface area (Å²) in [6, 6.07) is 3.17. The molecule has 38 heavy (non-hydrogen) atoms. The number of halogens is 3. The predicted molar refractivity (Wildman–Crippen MR) is 142 cm³/mol. The van der Waals surface area contributed by atoms with Gasteiger partial charge in [-0.15, -0.1) is 16.2 Å². The summed E-state index contributed by atoms with van der Waals surface area (Å²) in [5.41, 5.74) is -0.766. The summed E-state index contributed by atoms with van der Waals surface area (Å²) in [5, 5.41) is 0. The zero-order valence-electron chi connectivity index (χ0n) is 20.1. The topological polar surface area (TPSA) is 101 Å². The summed E-state index contributed by atoms with van der Waals surface area (Å²) in [6.45, 7) is 5.14. The summed E-state index contributed by atoms with van der Waals surface area (Å²) in [7, 11) is -3.02. The van der Waals surface area contributed by atoms with Crippen molar-refractivity contribution in [2.45, 2.75) is 33.7 Å². The van der Waals surface area contributed by atoms with Crippen LogP contribution in [0.1, 0.15) is 26.3 Å². The van der Waals surface area contributed by atoms with Gasteiger partial charge < -0.3 is 9.64 Å². The van der Waals surface area contributed by atoms with Crippen LogP contribution in [0.3, 0.4) is 0 Å². The SMILES string of the molecule is CCN1C(=O)/C(=c2/s/c(=C(C)/C=C3\Oc4ccc(C(F)(F)F)cc4N3CC)c(=O)n2CO[P+](=O)O)SC1=S. The highest BCUT2D eigenvalue weighted by molar-refractivity contribution is 8.30. The van der Waals surface area contributed by atoms with E-state index in [2.05, 4.69) is 0 Å². The molecule has 1 aromatic heterocycles. The maximum absolute atomic E-state index is 13.3. The first-order chi connectivity index (χ1) is 17.9. The molecule has 1 atom stereocenters. The van der Waals surface area contributed by atoms with Gasteiger partial charge in [0.15, 0.2) is 12.5 Å². The van der Waals surface area contributed by atoms with Crippen LogP contribution in [-0.4, -0.2) is 37.7 Å². The number of rotatable bonds is 6. The van der Waals surface area contributed by atoms with Crippen molar-refractivity contribution in [2.24, 2.45) is 0 Å². The Balaban J connectivity index is 1.86. The molecule has 16 heteroatoms. The average molecular weight is 607 g/mol. The lowest BCUT2D eigenvalue weighted by molar-refractivity contribution is -0.137. The number of anilines is 1. The molecule has 0 saturated carbocycles. The van der Waals surface area contributed by atoms with E-state index in [4.69, 9.17) is 26.4 Å². The number of fused-ring (bicyclic) bond motifs is 1. The second-order valence-electron chi connectivity index (χ2n) is 7.90. The van der Waals surface area contributed by atoms with Gasteiger partial charge in [-0.2, -0.15) is 13.2 Å². The third kappa shape index (κ3) is 5.31. The van der Waals surface area contributed by atoms with Gasteiger partial charge in [0.25, 0.3) is 11.5 Å². The summed E-state index contributed by atoms with van der Waals surface area (Å²) >= 11 is 7.24. The number of carbonyl (C=O) groups excluding carboxylic acids is 1. The monoisotopic (exact) mass is 606 g/mol. The maximum Gasteiger partial charge on any atom is 0.696 e. The number of thioether (sulfide) groups is 1. The molecule has 0 aliphatic carbocycles. The van der Waals surface area contributed by atoms with E-state index in [1.54, 1.807) is 25.7 Å². The molecule has 3 heterocycles. The van der Waals surface area contributed by atoms with Crippen LogP contribution in [0, 0.1) is 0 Å². The third-order valence-electron chi connectivity index (χ3n) is 5.61. The predicted octanol–water partition coefficient (Wildman–Crippen LogP) is 3.47. The summed E-state index contributed by atoms with van der Waals surface area (Å²) in [4.78, 5) is 38.5. The van der Waals surface area contributed by atoms with Crippen molar-refractivity contribution in [3.8, 4) is 5.75 Å². The Morgan fingerprint density at radius 3 is 2.50 bits per heavy atom. The Labute approximate surface area is 228 Å². The molecule has 0 spiro atoms. The summed E-state index contributed by atoms with van der Waals surface area (Å²) < 4.78 is 63.2. The zero-order valence-corrected chi connectivity index (χ0v) is 23.4. The van der Waals surface area contributed by atoms with Crippen LogP contribution < -0.4 is 24.4 Å². The molecule has 1 N–H and O–H groups in total. The molecule has 4 rings (SSSR count). The average Bonchev–Trinajstić information content (AvgIpc) is 3.46. The van der Waals surface area contributed by atoms with Crippen LogP contribution in [0.2, 0.25) is 0 Å². The highest BCUT2D eigenvalue weighted by Gasteiger charge is 2.35. The summed E-state index contributed by atoms with van der Waals surface area (Å²) in [6.07, 6.45) is -3.01. The number of allylic oxidation sites excluding steroid dienone is 1. The molecule has 1 aromatic carbocycles. The van der Waals surface area contributed by atoms with Gasteiger partial charge in [0.05, 0.1) is 15.8 Å². The zero-order chi connectivity index (χ0) is 27.9. The first-order valence-corrected chi connectivity index (χ1v) is 14.2. The van der Waals surface area contributed by atoms with Crippen molar-refractivity contribution in [3.63, 3.8) is 0 Å². The number of hydrogen-bond acceptors (Lipinski definition) is 9. The minimum Gasteiger partial charge on any atom is -0.439 e. The molecular weight excluding hydrogens is 586 g/mol. The molecule has 0 bridgehead atoms. The van der Waals surface area contributed by atoms with Gasteiger partial charge in [0, 0.05) is 23.7 Å². The first kappa shape index (κ1) is 28.5. The standard InChI is InChI=1S/C22H19F3N3O6PS3/c1-4-26-13-9-12(22(23,24)25)6-7-14(13)34-15(26)8-11(3)16-18(29)28(10-33-35(31)32)20(37-16)17-19(30)27(5-2)21(36)38-17/h6-9H,4-5,10H2,1-3H3/p+1/b15-8-,16-11+,20-17-. The molecule has 1 fully saturated rings. The first-order valence-electron chi connectivity index (χ1n) is 11.0. The second-order valence-corrected chi connectivity index (χ2v) is 11.3. The van der Waals surface area contributed by atoms with Crippen molar-refractivity contribution in [3.05, 3.63) is 55.3 Å². The number of benzene rings is 1. The van der Waals surface area contributed by atoms with Crippen LogP contribution in [0.15, 0.2) is 35.0 Å². The van der Waals surface area contributed by atoms with Gasteiger partial charge in [-0.3, -0.25) is 19.1 Å². The lowest BCUT2D eigenvalue weighted by Gasteiger charge is -2.16. The van der Waals surface area contributed by atoms with Gasteiger partial charge in [0.2, 0.25) is 5.88 Å². The normalized spacial score (nSPS) is 19.3. The van der Waals surface area contributed by atoms with Gasteiger partial charge >= 0.3 is 14.4 Å². The van der Waals surface area contributed by atoms with Crippen molar-refractivity contribution in [2.75, 3.05) is 18.0 Å². The highest BCUT2D eigenvalue weighted by Crippen LogP contribution is 2.43. The van der Waals surface area contributed by atoms with Crippen LogP contribution >= 0.6 is 43.6 Å². The highest BCUT2D eigenvalue weighted by atomic mass is 32.2. The quantitative estimate of drug-likeness (QED) is 0.392. The van der Waals surface area contributed by atoms with E-state index in [1.807, 2.05) is 0 Å². The van der Waals surface area contributed by atoms with Crippen LogP contribution in [0.25, 0.3) is 10.5 Å². The number of thiocarbonyl (C=S) groups is 1. The van der Waals surface area contributed by atoms with Crippen molar-refractivity contribution < 1.29 is 36.7 Å². The Kier molecular flexibility index (Phi) is 8.17. The molecule has 2 aliphatic heterocycles. The van der Waals surface area contributed by atoms with Crippen LogP contribution in [0.5, 0.6) is 5.75 Å². The second kappa shape index (κ2) is 10.9. The molecule has 0 radical (unpaired) electrons. The van der Waals surface area contributed by atoms with E-state index in [0.717, 1.165) is 39.8 Å². The van der Waals surface area contributed by atoms with E-state index in [1.165, 1.54) is 17.0 Å². The largest absolute Gasteiger partial charge is 0.696 e.